The van der Waals surface area contributed by atoms with Crippen LogP contribution in [0.2, 0.25) is 10.2 Å². The van der Waals surface area contributed by atoms with E-state index in [1.807, 2.05) is 31.2 Å². The summed E-state index contributed by atoms with van der Waals surface area (Å²) in [6.07, 6.45) is 0.0961. The molecule has 0 radical (unpaired) electrons. The summed E-state index contributed by atoms with van der Waals surface area (Å²) >= 11 is 12.1. The van der Waals surface area contributed by atoms with Crippen LogP contribution in [0.5, 0.6) is 0 Å². The van der Waals surface area contributed by atoms with E-state index < -0.39 is 0 Å². The van der Waals surface area contributed by atoms with Crippen LogP contribution in [0, 0.1) is 13.8 Å². The Hall–Kier alpha value is -1.58. The molecule has 2 rings (SSSR count). The highest BCUT2D eigenvalue weighted by Gasteiger charge is 2.13. The number of aryl methyl sites for hydroxylation is 2. The molecule has 3 nitrogen and oxygen atoms in total. The van der Waals surface area contributed by atoms with Crippen LogP contribution in [0.25, 0.3) is 0 Å². The van der Waals surface area contributed by atoms with Gasteiger partial charge in [0.05, 0.1) is 6.42 Å². The summed E-state index contributed by atoms with van der Waals surface area (Å²) in [5.41, 5.74) is 3.10. The first-order valence-corrected chi connectivity index (χ1v) is 6.89. The van der Waals surface area contributed by atoms with E-state index in [2.05, 4.69) is 10.3 Å². The molecule has 0 atom stereocenters. The third-order valence-corrected chi connectivity index (χ3v) is 3.44. The molecule has 1 amide bonds. The first kappa shape index (κ1) is 14.8. The molecule has 1 N–H and O–H groups in total. The molecule has 0 aliphatic heterocycles. The van der Waals surface area contributed by atoms with Gasteiger partial charge in [0.15, 0.2) is 0 Å². The SMILES string of the molecule is Cc1cccc(NC(=O)Cc2c(Cl)cc(C)nc2Cl)c1. The van der Waals surface area contributed by atoms with E-state index >= 15 is 0 Å². The van der Waals surface area contributed by atoms with Crippen molar-refractivity contribution in [2.75, 3.05) is 5.32 Å². The van der Waals surface area contributed by atoms with Gasteiger partial charge in [-0.2, -0.15) is 0 Å². The molecule has 1 aromatic heterocycles. The van der Waals surface area contributed by atoms with Gasteiger partial charge in [-0.3, -0.25) is 4.79 Å². The number of carbonyl (C=O) groups is 1. The van der Waals surface area contributed by atoms with Crippen molar-refractivity contribution in [3.05, 3.63) is 57.3 Å². The number of amides is 1. The predicted molar refractivity (Wildman–Crippen MR) is 82.5 cm³/mol. The van der Waals surface area contributed by atoms with E-state index in [-0.39, 0.29) is 17.5 Å². The summed E-state index contributed by atoms with van der Waals surface area (Å²) in [6.45, 7) is 3.77. The molecule has 0 spiro atoms. The van der Waals surface area contributed by atoms with Crippen molar-refractivity contribution >= 4 is 34.8 Å². The van der Waals surface area contributed by atoms with Gasteiger partial charge in [-0.15, -0.1) is 0 Å². The summed E-state index contributed by atoms with van der Waals surface area (Å²) in [4.78, 5) is 16.1. The van der Waals surface area contributed by atoms with Crippen molar-refractivity contribution in [1.82, 2.24) is 4.98 Å². The van der Waals surface area contributed by atoms with Crippen molar-refractivity contribution < 1.29 is 4.79 Å². The summed E-state index contributed by atoms with van der Waals surface area (Å²) in [5.74, 6) is -0.176. The van der Waals surface area contributed by atoms with Gasteiger partial charge in [-0.05, 0) is 37.6 Å². The Morgan fingerprint density at radius 3 is 2.65 bits per heavy atom. The lowest BCUT2D eigenvalue weighted by Crippen LogP contribution is -2.15. The number of nitrogens with one attached hydrogen (secondary N) is 1. The minimum absolute atomic E-state index is 0.0961. The van der Waals surface area contributed by atoms with E-state index in [9.17, 15) is 4.79 Å². The average Bonchev–Trinajstić information content (AvgIpc) is 2.33. The molecule has 2 aromatic rings. The largest absolute Gasteiger partial charge is 0.326 e. The minimum Gasteiger partial charge on any atom is -0.326 e. The molecule has 0 aliphatic rings. The van der Waals surface area contributed by atoms with Gasteiger partial charge in [0.1, 0.15) is 5.15 Å². The third kappa shape index (κ3) is 3.71. The maximum absolute atomic E-state index is 12.0. The molecule has 0 unspecified atom stereocenters. The Morgan fingerprint density at radius 2 is 2.00 bits per heavy atom. The fourth-order valence-electron chi connectivity index (χ4n) is 1.87. The molecule has 0 aliphatic carbocycles. The van der Waals surface area contributed by atoms with Crippen LogP contribution in [-0.4, -0.2) is 10.9 Å². The lowest BCUT2D eigenvalue weighted by molar-refractivity contribution is -0.115. The minimum atomic E-state index is -0.176. The number of carbonyl (C=O) groups excluding carboxylic acids is 1. The second-order valence-corrected chi connectivity index (χ2v) is 5.37. The average molecular weight is 309 g/mol. The number of rotatable bonds is 3. The number of anilines is 1. The first-order chi connectivity index (χ1) is 9.45. The van der Waals surface area contributed by atoms with Gasteiger partial charge in [0.25, 0.3) is 0 Å². The van der Waals surface area contributed by atoms with E-state index in [0.29, 0.717) is 10.6 Å². The number of pyridine rings is 1. The zero-order chi connectivity index (χ0) is 14.7. The van der Waals surface area contributed by atoms with Crippen LogP contribution in [0.1, 0.15) is 16.8 Å². The highest BCUT2D eigenvalue weighted by atomic mass is 35.5. The second kappa shape index (κ2) is 6.25. The number of aromatic nitrogens is 1. The molecule has 20 heavy (non-hydrogen) atoms. The van der Waals surface area contributed by atoms with Crippen LogP contribution in [-0.2, 0) is 11.2 Å². The highest BCUT2D eigenvalue weighted by molar-refractivity contribution is 6.35. The Labute approximate surface area is 127 Å². The lowest BCUT2D eigenvalue weighted by Gasteiger charge is -2.09. The van der Waals surface area contributed by atoms with Crippen molar-refractivity contribution in [2.45, 2.75) is 20.3 Å². The summed E-state index contributed by atoms with van der Waals surface area (Å²) in [5, 5.41) is 3.55. The summed E-state index contributed by atoms with van der Waals surface area (Å²) in [7, 11) is 0. The molecule has 1 aromatic carbocycles. The number of nitrogens with zero attached hydrogens (tertiary/aromatic N) is 1. The van der Waals surface area contributed by atoms with E-state index in [1.54, 1.807) is 13.0 Å². The highest BCUT2D eigenvalue weighted by Crippen LogP contribution is 2.24. The molecule has 1 heterocycles. The van der Waals surface area contributed by atoms with Crippen LogP contribution >= 0.6 is 23.2 Å². The number of hydrogen-bond acceptors (Lipinski definition) is 2. The molecular weight excluding hydrogens is 295 g/mol. The molecule has 104 valence electrons. The number of benzene rings is 1. The van der Waals surface area contributed by atoms with Gasteiger partial charge in [-0.1, -0.05) is 35.3 Å². The Kier molecular flexibility index (Phi) is 4.63. The maximum atomic E-state index is 12.0. The first-order valence-electron chi connectivity index (χ1n) is 6.14. The zero-order valence-electron chi connectivity index (χ0n) is 11.2. The predicted octanol–water partition coefficient (Wildman–Crippen LogP) is 4.19. The molecule has 0 fully saturated rings. The van der Waals surface area contributed by atoms with Gasteiger partial charge in [-0.25, -0.2) is 4.98 Å². The van der Waals surface area contributed by atoms with Crippen LogP contribution < -0.4 is 5.32 Å². The molecular formula is C15H14Cl2N2O. The quantitative estimate of drug-likeness (QED) is 0.864. The van der Waals surface area contributed by atoms with E-state index in [4.69, 9.17) is 23.2 Å². The fourth-order valence-corrected chi connectivity index (χ4v) is 2.53. The van der Waals surface area contributed by atoms with Gasteiger partial charge < -0.3 is 5.32 Å². The second-order valence-electron chi connectivity index (χ2n) is 4.61. The molecule has 0 saturated carbocycles. The monoisotopic (exact) mass is 308 g/mol. The molecule has 0 bridgehead atoms. The van der Waals surface area contributed by atoms with Crippen molar-refractivity contribution in [3.8, 4) is 0 Å². The van der Waals surface area contributed by atoms with E-state index in [0.717, 1.165) is 16.9 Å². The third-order valence-electron chi connectivity index (χ3n) is 2.79. The lowest BCUT2D eigenvalue weighted by atomic mass is 10.1. The Balaban J connectivity index is 2.13. The van der Waals surface area contributed by atoms with Gasteiger partial charge in [0.2, 0.25) is 5.91 Å². The molecule has 5 heteroatoms. The van der Waals surface area contributed by atoms with Crippen LogP contribution in [0.3, 0.4) is 0 Å². The fraction of sp³-hybridized carbons (Fsp3) is 0.200. The van der Waals surface area contributed by atoms with Crippen molar-refractivity contribution in [2.24, 2.45) is 0 Å². The Morgan fingerprint density at radius 1 is 1.25 bits per heavy atom. The van der Waals surface area contributed by atoms with Crippen molar-refractivity contribution in [3.63, 3.8) is 0 Å². The van der Waals surface area contributed by atoms with Crippen molar-refractivity contribution in [1.29, 1.82) is 0 Å². The van der Waals surface area contributed by atoms with Crippen LogP contribution in [0.15, 0.2) is 30.3 Å². The molecule has 0 saturated heterocycles. The summed E-state index contributed by atoms with van der Waals surface area (Å²) < 4.78 is 0. The van der Waals surface area contributed by atoms with Crippen LogP contribution in [0.4, 0.5) is 5.69 Å². The standard InChI is InChI=1S/C15H14Cl2N2O/c1-9-4-3-5-11(6-9)19-14(20)8-12-13(16)7-10(2)18-15(12)17/h3-7H,8H2,1-2H3,(H,19,20). The summed E-state index contributed by atoms with van der Waals surface area (Å²) in [6, 6.07) is 9.28. The smallest absolute Gasteiger partial charge is 0.228 e. The normalized spacial score (nSPS) is 10.4. The van der Waals surface area contributed by atoms with Gasteiger partial charge in [0, 0.05) is 22.0 Å². The van der Waals surface area contributed by atoms with E-state index in [1.165, 1.54) is 0 Å². The zero-order valence-corrected chi connectivity index (χ0v) is 12.7. The van der Waals surface area contributed by atoms with Gasteiger partial charge >= 0.3 is 0 Å². The number of halogens is 2. The Bertz CT molecular complexity index is 633. The number of hydrogen-bond donors (Lipinski definition) is 1. The topological polar surface area (TPSA) is 42.0 Å². The maximum Gasteiger partial charge on any atom is 0.228 e.